The van der Waals surface area contributed by atoms with Gasteiger partial charge >= 0.3 is 0 Å². The molecule has 6 unspecified atom stereocenters. The molecular weight excluding hydrogens is 554 g/mol. The molecule has 4 nitrogen and oxygen atoms in total. The SMILES string of the molecule is OC(NC1CCCC1P(c1ccccc1)c1ccccc1)C(O)NC1CCCC1P(c1ccccc1)c1ccccc1. The van der Waals surface area contributed by atoms with Gasteiger partial charge in [0.15, 0.2) is 0 Å². The summed E-state index contributed by atoms with van der Waals surface area (Å²) in [6.07, 6.45) is 4.44. The van der Waals surface area contributed by atoms with E-state index in [9.17, 15) is 10.2 Å². The molecule has 6 heteroatoms. The maximum Gasteiger partial charge on any atom is 0.144 e. The van der Waals surface area contributed by atoms with E-state index in [0.717, 1.165) is 38.5 Å². The minimum Gasteiger partial charge on any atom is -0.374 e. The maximum atomic E-state index is 11.3. The molecule has 0 heterocycles. The van der Waals surface area contributed by atoms with Crippen LogP contribution >= 0.6 is 15.8 Å². The summed E-state index contributed by atoms with van der Waals surface area (Å²) in [6.45, 7) is 0. The fourth-order valence-corrected chi connectivity index (χ4v) is 13.1. The summed E-state index contributed by atoms with van der Waals surface area (Å²) in [5.41, 5.74) is 0.796. The van der Waals surface area contributed by atoms with Gasteiger partial charge in [-0.1, -0.05) is 134 Å². The van der Waals surface area contributed by atoms with Gasteiger partial charge < -0.3 is 10.2 Å². The van der Waals surface area contributed by atoms with Gasteiger partial charge in [0.2, 0.25) is 0 Å². The lowest BCUT2D eigenvalue weighted by atomic mass is 10.2. The molecule has 6 atom stereocenters. The van der Waals surface area contributed by atoms with Gasteiger partial charge in [-0.05, 0) is 62.7 Å². The van der Waals surface area contributed by atoms with Crippen LogP contribution in [0.3, 0.4) is 0 Å². The Morgan fingerprint density at radius 3 is 1.02 bits per heavy atom. The third kappa shape index (κ3) is 6.87. The molecule has 0 aromatic heterocycles. The van der Waals surface area contributed by atoms with E-state index in [1.54, 1.807) is 0 Å². The summed E-state index contributed by atoms with van der Waals surface area (Å²) in [5.74, 6) is 0. The summed E-state index contributed by atoms with van der Waals surface area (Å²) in [4.78, 5) is 0. The lowest BCUT2D eigenvalue weighted by molar-refractivity contribution is -0.0320. The quantitative estimate of drug-likeness (QED) is 0.147. The van der Waals surface area contributed by atoms with Crippen molar-refractivity contribution in [2.75, 3.05) is 0 Å². The molecule has 0 aliphatic heterocycles. The third-order valence-corrected chi connectivity index (χ3v) is 14.8. The molecule has 0 saturated heterocycles. The van der Waals surface area contributed by atoms with Crippen molar-refractivity contribution in [3.8, 4) is 0 Å². The molecule has 4 N–H and O–H groups in total. The van der Waals surface area contributed by atoms with Crippen molar-refractivity contribution in [1.82, 2.24) is 10.6 Å². The van der Waals surface area contributed by atoms with Crippen molar-refractivity contribution in [1.29, 1.82) is 0 Å². The van der Waals surface area contributed by atoms with Crippen LogP contribution in [0.4, 0.5) is 0 Å². The molecule has 2 aliphatic rings. The van der Waals surface area contributed by atoms with Crippen molar-refractivity contribution >= 4 is 37.1 Å². The second-order valence-corrected chi connectivity index (χ2v) is 16.4. The molecule has 2 saturated carbocycles. The second-order valence-electron chi connectivity index (χ2n) is 11.5. The van der Waals surface area contributed by atoms with Crippen molar-refractivity contribution in [3.05, 3.63) is 121 Å². The lowest BCUT2D eigenvalue weighted by Gasteiger charge is -2.35. The number of nitrogens with one attached hydrogen (secondary N) is 2. The molecular formula is C36H42N2O2P2. The Labute approximate surface area is 253 Å². The summed E-state index contributed by atoms with van der Waals surface area (Å²) >= 11 is 0. The highest BCUT2D eigenvalue weighted by Gasteiger charge is 2.39. The first kappa shape index (κ1) is 29.6. The van der Waals surface area contributed by atoms with E-state index < -0.39 is 28.3 Å². The van der Waals surface area contributed by atoms with Gasteiger partial charge in [0, 0.05) is 23.4 Å². The molecule has 218 valence electrons. The van der Waals surface area contributed by atoms with E-state index >= 15 is 0 Å². The van der Waals surface area contributed by atoms with E-state index in [2.05, 4.69) is 132 Å². The summed E-state index contributed by atoms with van der Waals surface area (Å²) in [6, 6.07) is 43.6. The smallest absolute Gasteiger partial charge is 0.144 e. The van der Waals surface area contributed by atoms with Crippen molar-refractivity contribution in [3.63, 3.8) is 0 Å². The van der Waals surface area contributed by atoms with Crippen molar-refractivity contribution < 1.29 is 10.2 Å². The average Bonchev–Trinajstić information content (AvgIpc) is 3.69. The second kappa shape index (κ2) is 14.4. The zero-order chi connectivity index (χ0) is 28.7. The Bertz CT molecular complexity index is 1180. The molecule has 42 heavy (non-hydrogen) atoms. The van der Waals surface area contributed by atoms with E-state index in [-0.39, 0.29) is 12.1 Å². The monoisotopic (exact) mass is 596 g/mol. The fourth-order valence-electron chi connectivity index (χ4n) is 6.93. The Morgan fingerprint density at radius 1 is 0.452 bits per heavy atom. The molecule has 0 bridgehead atoms. The summed E-state index contributed by atoms with van der Waals surface area (Å²) in [5, 5.41) is 35.1. The van der Waals surface area contributed by atoms with E-state index in [0.29, 0.717) is 11.3 Å². The van der Waals surface area contributed by atoms with Gasteiger partial charge in [0.25, 0.3) is 0 Å². The number of rotatable bonds is 11. The van der Waals surface area contributed by atoms with Crippen LogP contribution in [0.5, 0.6) is 0 Å². The Morgan fingerprint density at radius 2 is 0.738 bits per heavy atom. The summed E-state index contributed by atoms with van der Waals surface area (Å²) < 4.78 is 0. The first-order valence-corrected chi connectivity index (χ1v) is 18.2. The van der Waals surface area contributed by atoms with Crippen LogP contribution in [-0.2, 0) is 0 Å². The number of hydrogen-bond acceptors (Lipinski definition) is 4. The van der Waals surface area contributed by atoms with E-state index in [1.165, 1.54) is 21.2 Å². The largest absolute Gasteiger partial charge is 0.374 e. The topological polar surface area (TPSA) is 64.5 Å². The van der Waals surface area contributed by atoms with Gasteiger partial charge in [-0.15, -0.1) is 0 Å². The predicted octanol–water partition coefficient (Wildman–Crippen LogP) is 4.91. The van der Waals surface area contributed by atoms with Crippen LogP contribution in [0, 0.1) is 0 Å². The predicted molar refractivity (Wildman–Crippen MR) is 179 cm³/mol. The number of aliphatic hydroxyl groups excluding tert-OH is 2. The van der Waals surface area contributed by atoms with Crippen LogP contribution in [0.1, 0.15) is 38.5 Å². The number of hydrogen-bond donors (Lipinski definition) is 4. The number of aliphatic hydroxyl groups is 2. The van der Waals surface area contributed by atoms with Gasteiger partial charge in [-0.3, -0.25) is 10.6 Å². The minimum absolute atomic E-state index is 0.146. The van der Waals surface area contributed by atoms with Gasteiger partial charge in [-0.2, -0.15) is 0 Å². The Kier molecular flexibility index (Phi) is 10.1. The molecule has 4 aromatic rings. The highest BCUT2D eigenvalue weighted by molar-refractivity contribution is 7.74. The molecule has 6 rings (SSSR count). The standard InChI is InChI=1S/C36H42N2O2P2/c39-35(37-31-23-13-25-33(31)41(27-15-5-1-6-16-27)28-17-7-2-8-18-28)36(40)38-32-24-14-26-34(32)42(29-19-9-3-10-20-29)30-21-11-4-12-22-30/h1-12,15-22,31-40H,13-14,23-26H2. The summed E-state index contributed by atoms with van der Waals surface area (Å²) in [7, 11) is -1.19. The van der Waals surface area contributed by atoms with Gasteiger partial charge in [-0.25, -0.2) is 0 Å². The molecule has 0 spiro atoms. The normalized spacial score (nSPS) is 23.8. The van der Waals surface area contributed by atoms with Gasteiger partial charge in [0.1, 0.15) is 12.5 Å². The van der Waals surface area contributed by atoms with Crippen LogP contribution in [0.15, 0.2) is 121 Å². The maximum absolute atomic E-state index is 11.3. The van der Waals surface area contributed by atoms with Crippen molar-refractivity contribution in [2.45, 2.75) is 74.4 Å². The van der Waals surface area contributed by atoms with Crippen LogP contribution in [-0.4, -0.2) is 46.1 Å². The zero-order valence-corrected chi connectivity index (χ0v) is 25.8. The first-order chi connectivity index (χ1) is 20.7. The highest BCUT2D eigenvalue weighted by Crippen LogP contribution is 2.48. The van der Waals surface area contributed by atoms with E-state index in [1.807, 2.05) is 0 Å². The number of benzene rings is 4. The molecule has 2 aliphatic carbocycles. The fraction of sp³-hybridized carbons (Fsp3) is 0.333. The molecule has 0 amide bonds. The first-order valence-electron chi connectivity index (χ1n) is 15.4. The Hall–Kier alpha value is -2.42. The van der Waals surface area contributed by atoms with Crippen LogP contribution < -0.4 is 31.9 Å². The van der Waals surface area contributed by atoms with E-state index in [4.69, 9.17) is 0 Å². The van der Waals surface area contributed by atoms with Crippen LogP contribution in [0.25, 0.3) is 0 Å². The van der Waals surface area contributed by atoms with Gasteiger partial charge in [0.05, 0.1) is 0 Å². The highest BCUT2D eigenvalue weighted by atomic mass is 31.1. The van der Waals surface area contributed by atoms with Crippen molar-refractivity contribution in [2.24, 2.45) is 0 Å². The molecule has 2 fully saturated rings. The minimum atomic E-state index is -1.03. The average molecular weight is 597 g/mol. The lowest BCUT2D eigenvalue weighted by Crippen LogP contribution is -2.56. The zero-order valence-electron chi connectivity index (χ0n) is 24.0. The molecule has 4 aromatic carbocycles. The Balaban J connectivity index is 1.17. The molecule has 0 radical (unpaired) electrons. The third-order valence-electron chi connectivity index (χ3n) is 8.83. The van der Waals surface area contributed by atoms with Crippen LogP contribution in [0.2, 0.25) is 0 Å².